The Morgan fingerprint density at radius 2 is 1.48 bits per heavy atom. The fourth-order valence-electron chi connectivity index (χ4n) is 4.43. The maximum absolute atomic E-state index is 12.7. The first-order valence-electron chi connectivity index (χ1n) is 11.6. The zero-order valence-corrected chi connectivity index (χ0v) is 19.2. The predicted octanol–water partition coefficient (Wildman–Crippen LogP) is 4.45. The number of rotatable bonds is 11. The van der Waals surface area contributed by atoms with E-state index < -0.39 is 24.1 Å². The maximum Gasteiger partial charge on any atom is 0.407 e. The summed E-state index contributed by atoms with van der Waals surface area (Å²) in [7, 11) is 0. The van der Waals surface area contributed by atoms with Crippen LogP contribution in [0.3, 0.4) is 0 Å². The van der Waals surface area contributed by atoms with Crippen molar-refractivity contribution in [3.8, 4) is 11.1 Å². The molecule has 0 aliphatic heterocycles. The van der Waals surface area contributed by atoms with Crippen LogP contribution in [0.1, 0.15) is 63.0 Å². The third-order valence-corrected chi connectivity index (χ3v) is 5.93. The van der Waals surface area contributed by atoms with Crippen LogP contribution in [0.15, 0.2) is 48.5 Å². The average Bonchev–Trinajstić information content (AvgIpc) is 3.11. The van der Waals surface area contributed by atoms with Gasteiger partial charge in [0.05, 0.1) is 6.42 Å². The van der Waals surface area contributed by atoms with Gasteiger partial charge in [0.1, 0.15) is 12.6 Å². The summed E-state index contributed by atoms with van der Waals surface area (Å²) in [5, 5.41) is 14.5. The molecule has 1 aliphatic carbocycles. The van der Waals surface area contributed by atoms with Gasteiger partial charge in [-0.2, -0.15) is 0 Å². The molecule has 176 valence electrons. The van der Waals surface area contributed by atoms with Crippen LogP contribution in [-0.4, -0.2) is 41.8 Å². The summed E-state index contributed by atoms with van der Waals surface area (Å²) in [6, 6.07) is 14.9. The molecule has 3 rings (SSSR count). The van der Waals surface area contributed by atoms with Gasteiger partial charge in [0.2, 0.25) is 5.91 Å². The number of carboxylic acid groups (broad SMARTS) is 1. The second-order valence-corrected chi connectivity index (χ2v) is 8.40. The Labute approximate surface area is 194 Å². The lowest BCUT2D eigenvalue weighted by Gasteiger charge is -2.22. The molecule has 2 aromatic rings. The summed E-state index contributed by atoms with van der Waals surface area (Å²) in [5.41, 5.74) is 4.52. The Balaban J connectivity index is 1.62. The number of benzene rings is 2. The molecular weight excluding hydrogens is 420 g/mol. The molecule has 0 fully saturated rings. The van der Waals surface area contributed by atoms with E-state index in [-0.39, 0.29) is 24.9 Å². The molecular formula is C26H32N2O5. The Morgan fingerprint density at radius 3 is 2.03 bits per heavy atom. The zero-order chi connectivity index (χ0) is 23.8. The summed E-state index contributed by atoms with van der Waals surface area (Å²) in [6.07, 6.45) is 1.61. The highest BCUT2D eigenvalue weighted by Crippen LogP contribution is 2.44. The molecule has 0 aromatic heterocycles. The molecule has 0 saturated heterocycles. The molecule has 0 radical (unpaired) electrons. The van der Waals surface area contributed by atoms with Crippen LogP contribution in [0, 0.1) is 0 Å². The minimum atomic E-state index is -0.967. The van der Waals surface area contributed by atoms with E-state index in [4.69, 9.17) is 9.84 Å². The number of amides is 2. The van der Waals surface area contributed by atoms with E-state index in [0.717, 1.165) is 28.7 Å². The number of carboxylic acids is 1. The summed E-state index contributed by atoms with van der Waals surface area (Å²) in [5.74, 6) is -1.42. The minimum Gasteiger partial charge on any atom is -0.481 e. The lowest BCUT2D eigenvalue weighted by atomic mass is 9.98. The molecule has 7 nitrogen and oxygen atoms in total. The Morgan fingerprint density at radius 1 is 0.909 bits per heavy atom. The summed E-state index contributed by atoms with van der Waals surface area (Å²) in [6.45, 7) is 4.01. The minimum absolute atomic E-state index is 0.0638. The number of fused-ring (bicyclic) bond motifs is 3. The van der Waals surface area contributed by atoms with E-state index in [1.807, 2.05) is 50.2 Å². The van der Waals surface area contributed by atoms with Crippen LogP contribution in [0.25, 0.3) is 11.1 Å². The molecule has 2 atom stereocenters. The predicted molar refractivity (Wildman–Crippen MR) is 126 cm³/mol. The number of aliphatic carboxylic acids is 1. The number of hydrogen-bond acceptors (Lipinski definition) is 4. The van der Waals surface area contributed by atoms with Crippen LogP contribution in [0.2, 0.25) is 0 Å². The molecule has 33 heavy (non-hydrogen) atoms. The van der Waals surface area contributed by atoms with Gasteiger partial charge in [-0.15, -0.1) is 0 Å². The van der Waals surface area contributed by atoms with E-state index in [1.54, 1.807) is 0 Å². The summed E-state index contributed by atoms with van der Waals surface area (Å²) < 4.78 is 5.56. The third kappa shape index (κ3) is 6.12. The SMILES string of the molecule is CCC[C@@H](CC(=O)O)NC(=O)[C@@H](CCC)NC(=O)OCC1c2ccccc2-c2ccccc21. The van der Waals surface area contributed by atoms with Crippen molar-refractivity contribution in [2.24, 2.45) is 0 Å². The summed E-state index contributed by atoms with van der Waals surface area (Å²) in [4.78, 5) is 36.4. The number of ether oxygens (including phenoxy) is 1. The monoisotopic (exact) mass is 452 g/mol. The quantitative estimate of drug-likeness (QED) is 0.467. The van der Waals surface area contributed by atoms with Crippen molar-refractivity contribution in [1.82, 2.24) is 10.6 Å². The topological polar surface area (TPSA) is 105 Å². The van der Waals surface area contributed by atoms with Gasteiger partial charge in [0.15, 0.2) is 0 Å². The highest BCUT2D eigenvalue weighted by atomic mass is 16.5. The van der Waals surface area contributed by atoms with Crippen LogP contribution in [0.5, 0.6) is 0 Å². The molecule has 2 amide bonds. The van der Waals surface area contributed by atoms with Crippen molar-refractivity contribution in [1.29, 1.82) is 0 Å². The van der Waals surface area contributed by atoms with E-state index >= 15 is 0 Å². The smallest absolute Gasteiger partial charge is 0.407 e. The lowest BCUT2D eigenvalue weighted by Crippen LogP contribution is -2.50. The van der Waals surface area contributed by atoms with Crippen molar-refractivity contribution in [3.63, 3.8) is 0 Å². The molecule has 0 saturated carbocycles. The van der Waals surface area contributed by atoms with Gasteiger partial charge in [-0.05, 0) is 35.1 Å². The number of alkyl carbamates (subject to hydrolysis) is 1. The first-order valence-corrected chi connectivity index (χ1v) is 11.6. The fourth-order valence-corrected chi connectivity index (χ4v) is 4.43. The molecule has 2 aromatic carbocycles. The van der Waals surface area contributed by atoms with Gasteiger partial charge < -0.3 is 20.5 Å². The third-order valence-electron chi connectivity index (χ3n) is 5.93. The highest BCUT2D eigenvalue weighted by Gasteiger charge is 2.30. The van der Waals surface area contributed by atoms with Gasteiger partial charge >= 0.3 is 12.1 Å². The van der Waals surface area contributed by atoms with Gasteiger partial charge in [-0.1, -0.05) is 75.2 Å². The van der Waals surface area contributed by atoms with E-state index in [9.17, 15) is 14.4 Å². The van der Waals surface area contributed by atoms with E-state index in [2.05, 4.69) is 22.8 Å². The molecule has 0 unspecified atom stereocenters. The first-order chi connectivity index (χ1) is 15.9. The highest BCUT2D eigenvalue weighted by molar-refractivity contribution is 5.86. The normalized spacial score (nSPS) is 14.0. The van der Waals surface area contributed by atoms with E-state index in [0.29, 0.717) is 19.3 Å². The molecule has 7 heteroatoms. The second kappa shape index (κ2) is 11.5. The van der Waals surface area contributed by atoms with Crippen LogP contribution >= 0.6 is 0 Å². The number of hydrogen-bond donors (Lipinski definition) is 3. The molecule has 0 spiro atoms. The van der Waals surface area contributed by atoms with Gasteiger partial charge in [-0.25, -0.2) is 4.79 Å². The van der Waals surface area contributed by atoms with Gasteiger partial charge in [-0.3, -0.25) is 9.59 Å². The Hall–Kier alpha value is -3.35. The second-order valence-electron chi connectivity index (χ2n) is 8.40. The average molecular weight is 453 g/mol. The first kappa shape index (κ1) is 24.3. The van der Waals surface area contributed by atoms with Crippen molar-refractivity contribution < 1.29 is 24.2 Å². The van der Waals surface area contributed by atoms with Crippen LogP contribution in [0.4, 0.5) is 4.79 Å². The molecule has 0 bridgehead atoms. The summed E-state index contributed by atoms with van der Waals surface area (Å²) >= 11 is 0. The van der Waals surface area contributed by atoms with Crippen LogP contribution < -0.4 is 10.6 Å². The fraction of sp³-hybridized carbons (Fsp3) is 0.423. The van der Waals surface area contributed by atoms with E-state index in [1.165, 1.54) is 0 Å². The number of nitrogens with one attached hydrogen (secondary N) is 2. The molecule has 1 aliphatic rings. The largest absolute Gasteiger partial charge is 0.481 e. The van der Waals surface area contributed by atoms with Crippen molar-refractivity contribution in [3.05, 3.63) is 59.7 Å². The van der Waals surface area contributed by atoms with Crippen molar-refractivity contribution in [2.75, 3.05) is 6.61 Å². The van der Waals surface area contributed by atoms with Gasteiger partial charge in [0, 0.05) is 12.0 Å². The molecule has 3 N–H and O–H groups in total. The van der Waals surface area contributed by atoms with Crippen molar-refractivity contribution >= 4 is 18.0 Å². The standard InChI is InChI=1S/C26H32N2O5/c1-3-9-17(15-24(29)30)27-25(31)23(10-4-2)28-26(32)33-16-22-20-13-7-5-11-18(20)19-12-6-8-14-21(19)22/h5-8,11-14,17,22-23H,3-4,9-10,15-16H2,1-2H3,(H,27,31)(H,28,32)(H,29,30)/t17-,23+/m0/s1. The molecule has 0 heterocycles. The van der Waals surface area contributed by atoms with Crippen LogP contribution in [-0.2, 0) is 14.3 Å². The Kier molecular flexibility index (Phi) is 8.46. The Bertz CT molecular complexity index is 945. The number of carbonyl (C=O) groups excluding carboxylic acids is 2. The number of carbonyl (C=O) groups is 3. The lowest BCUT2D eigenvalue weighted by molar-refractivity contribution is -0.137. The maximum atomic E-state index is 12.7. The zero-order valence-electron chi connectivity index (χ0n) is 19.2. The van der Waals surface area contributed by atoms with Gasteiger partial charge in [0.25, 0.3) is 0 Å². The van der Waals surface area contributed by atoms with Crippen molar-refractivity contribution in [2.45, 2.75) is 64.0 Å².